The van der Waals surface area contributed by atoms with E-state index >= 15 is 0 Å². The van der Waals surface area contributed by atoms with Gasteiger partial charge in [0.1, 0.15) is 11.9 Å². The van der Waals surface area contributed by atoms with Crippen molar-refractivity contribution in [2.45, 2.75) is 89.3 Å². The number of amidine groups is 1. The Kier molecular flexibility index (Phi) is 9.51. The van der Waals surface area contributed by atoms with Crippen LogP contribution in [0.3, 0.4) is 0 Å². The molecule has 1 aliphatic heterocycles. The molecule has 9 nitrogen and oxygen atoms in total. The zero-order chi connectivity index (χ0) is 26.2. The number of nitrogens with zero attached hydrogens (tertiary/aromatic N) is 4. The van der Waals surface area contributed by atoms with Gasteiger partial charge in [0.15, 0.2) is 0 Å². The van der Waals surface area contributed by atoms with E-state index in [2.05, 4.69) is 33.5 Å². The molecule has 2 heterocycles. The number of rotatable bonds is 7. The van der Waals surface area contributed by atoms with Crippen molar-refractivity contribution >= 4 is 17.8 Å². The summed E-state index contributed by atoms with van der Waals surface area (Å²) < 4.78 is 0. The number of nitrogens with one attached hydrogen (secondary N) is 2. The maximum absolute atomic E-state index is 13.6. The number of hydrogen-bond acceptors (Lipinski definition) is 6. The van der Waals surface area contributed by atoms with Gasteiger partial charge < -0.3 is 11.1 Å². The molecule has 0 radical (unpaired) electrons. The Labute approximate surface area is 220 Å². The van der Waals surface area contributed by atoms with Crippen molar-refractivity contribution in [2.75, 3.05) is 13.1 Å². The highest BCUT2D eigenvalue weighted by Crippen LogP contribution is 2.33. The number of amides is 3. The van der Waals surface area contributed by atoms with Gasteiger partial charge in [0, 0.05) is 43.1 Å². The van der Waals surface area contributed by atoms with Crippen molar-refractivity contribution in [1.29, 1.82) is 5.26 Å². The standard InChI is InChI=1S/C28H41N7O2/c1-19-7-8-24(16-22(19)17-29)35-14-11-23(18-35)32-27(36)25(15-20-5-3-2-4-6-20)33-26(34-28(30)37)21-9-12-31-13-10-21/h9-10,12-13,19-20,22-25H,2-8,11,14-16,18H2,1H3,(H,32,36)(H3,30,33,34,37). The summed E-state index contributed by atoms with van der Waals surface area (Å²) in [6.07, 6.45) is 13.7. The van der Waals surface area contributed by atoms with Gasteiger partial charge in [-0.15, -0.1) is 0 Å². The summed E-state index contributed by atoms with van der Waals surface area (Å²) in [5.41, 5.74) is 6.11. The Morgan fingerprint density at radius 2 is 1.95 bits per heavy atom. The van der Waals surface area contributed by atoms with Gasteiger partial charge in [-0.25, -0.2) is 4.79 Å². The fraction of sp³-hybridized carbons (Fsp3) is 0.679. The first-order valence-electron chi connectivity index (χ1n) is 13.9. The largest absolute Gasteiger partial charge is 0.351 e. The first kappa shape index (κ1) is 27.1. The van der Waals surface area contributed by atoms with Crippen LogP contribution in [0.4, 0.5) is 4.79 Å². The molecule has 3 aliphatic rings. The third-order valence-electron chi connectivity index (χ3n) is 8.48. The lowest BCUT2D eigenvalue weighted by Crippen LogP contribution is -2.46. The minimum absolute atomic E-state index is 0.0601. The van der Waals surface area contributed by atoms with Crippen LogP contribution >= 0.6 is 0 Å². The van der Waals surface area contributed by atoms with Crippen molar-refractivity contribution in [1.82, 2.24) is 20.5 Å². The minimum Gasteiger partial charge on any atom is -0.351 e. The molecule has 1 aromatic heterocycles. The number of aromatic nitrogens is 1. The molecule has 0 aromatic carbocycles. The van der Waals surface area contributed by atoms with Crippen LogP contribution in [0.25, 0.3) is 0 Å². The highest BCUT2D eigenvalue weighted by molar-refractivity contribution is 6.08. The van der Waals surface area contributed by atoms with Gasteiger partial charge in [-0.3, -0.25) is 25.0 Å². The second-order valence-electron chi connectivity index (χ2n) is 11.1. The zero-order valence-electron chi connectivity index (χ0n) is 21.9. The Bertz CT molecular complexity index is 986. The number of primary amides is 1. The third kappa shape index (κ3) is 7.51. The number of urea groups is 1. The minimum atomic E-state index is -0.712. The van der Waals surface area contributed by atoms with E-state index < -0.39 is 12.1 Å². The number of nitrogens with two attached hydrogens (primary N) is 1. The van der Waals surface area contributed by atoms with Gasteiger partial charge in [-0.2, -0.15) is 5.26 Å². The summed E-state index contributed by atoms with van der Waals surface area (Å²) in [5.74, 6) is 1.22. The number of carbonyl (C=O) groups is 2. The summed E-state index contributed by atoms with van der Waals surface area (Å²) in [6.45, 7) is 3.92. The highest BCUT2D eigenvalue weighted by atomic mass is 16.2. The van der Waals surface area contributed by atoms with Gasteiger partial charge >= 0.3 is 6.03 Å². The Morgan fingerprint density at radius 3 is 2.65 bits per heavy atom. The average molecular weight is 508 g/mol. The molecule has 4 N–H and O–H groups in total. The smallest absolute Gasteiger partial charge is 0.317 e. The van der Waals surface area contributed by atoms with Gasteiger partial charge in [-0.1, -0.05) is 39.0 Å². The van der Waals surface area contributed by atoms with Crippen LogP contribution < -0.4 is 16.4 Å². The number of aliphatic imine (C=N–C) groups is 1. The highest BCUT2D eigenvalue weighted by Gasteiger charge is 2.36. The van der Waals surface area contributed by atoms with Crippen molar-refractivity contribution in [2.24, 2.45) is 28.5 Å². The van der Waals surface area contributed by atoms with Crippen LogP contribution in [0.2, 0.25) is 0 Å². The molecule has 2 saturated carbocycles. The van der Waals surface area contributed by atoms with Crippen LogP contribution in [-0.4, -0.2) is 58.9 Å². The predicted octanol–water partition coefficient (Wildman–Crippen LogP) is 3.35. The monoisotopic (exact) mass is 507 g/mol. The van der Waals surface area contributed by atoms with Crippen molar-refractivity contribution in [3.05, 3.63) is 30.1 Å². The fourth-order valence-corrected chi connectivity index (χ4v) is 6.26. The number of hydrogen-bond donors (Lipinski definition) is 3. The van der Waals surface area contributed by atoms with Gasteiger partial charge in [0.05, 0.1) is 12.0 Å². The van der Waals surface area contributed by atoms with E-state index in [1.165, 1.54) is 19.3 Å². The fourth-order valence-electron chi connectivity index (χ4n) is 6.26. The third-order valence-corrected chi connectivity index (χ3v) is 8.48. The maximum atomic E-state index is 13.6. The average Bonchev–Trinajstić information content (AvgIpc) is 3.37. The number of pyridine rings is 1. The second-order valence-corrected chi connectivity index (χ2v) is 11.1. The molecule has 9 heteroatoms. The van der Waals surface area contributed by atoms with Gasteiger partial charge in [0.2, 0.25) is 5.91 Å². The molecule has 0 spiro atoms. The lowest BCUT2D eigenvalue weighted by Gasteiger charge is -2.36. The van der Waals surface area contributed by atoms with Crippen LogP contribution in [-0.2, 0) is 4.79 Å². The molecule has 3 fully saturated rings. The molecule has 0 bridgehead atoms. The number of nitriles is 1. The first-order chi connectivity index (χ1) is 17.9. The zero-order valence-corrected chi connectivity index (χ0v) is 21.9. The van der Waals surface area contributed by atoms with E-state index in [1.54, 1.807) is 24.5 Å². The number of likely N-dealkylation sites (tertiary alicyclic amines) is 1. The maximum Gasteiger partial charge on any atom is 0.317 e. The Hall–Kier alpha value is -2.99. The second kappa shape index (κ2) is 13.0. The Balaban J connectivity index is 1.45. The van der Waals surface area contributed by atoms with Gasteiger partial charge in [-0.05, 0) is 56.1 Å². The van der Waals surface area contributed by atoms with E-state index in [0.717, 1.165) is 51.6 Å². The Morgan fingerprint density at radius 1 is 1.19 bits per heavy atom. The van der Waals surface area contributed by atoms with Crippen molar-refractivity contribution in [3.63, 3.8) is 0 Å². The first-order valence-corrected chi connectivity index (χ1v) is 13.9. The van der Waals surface area contributed by atoms with Crippen molar-refractivity contribution in [3.8, 4) is 6.07 Å². The lowest BCUT2D eigenvalue weighted by molar-refractivity contribution is -0.123. The molecule has 3 amide bonds. The molecule has 5 atom stereocenters. The molecule has 1 aromatic rings. The van der Waals surface area contributed by atoms with Crippen LogP contribution in [0.5, 0.6) is 0 Å². The molecule has 4 rings (SSSR count). The molecule has 1 saturated heterocycles. The SMILES string of the molecule is CC1CCC(N2CCC(NC(=O)C(CC3CCCCC3)N=C(NC(N)=O)c3ccncc3)C2)CC1C#N. The van der Waals surface area contributed by atoms with Crippen LogP contribution in [0, 0.1) is 29.1 Å². The van der Waals surface area contributed by atoms with E-state index in [9.17, 15) is 14.9 Å². The summed E-state index contributed by atoms with van der Waals surface area (Å²) in [7, 11) is 0. The lowest BCUT2D eigenvalue weighted by atomic mass is 9.78. The van der Waals surface area contributed by atoms with E-state index in [0.29, 0.717) is 35.7 Å². The topological polar surface area (TPSA) is 136 Å². The predicted molar refractivity (Wildman–Crippen MR) is 142 cm³/mol. The molecule has 2 aliphatic carbocycles. The summed E-state index contributed by atoms with van der Waals surface area (Å²) in [6, 6.07) is 5.15. The number of carbonyl (C=O) groups excluding carboxylic acids is 2. The molecule has 5 unspecified atom stereocenters. The van der Waals surface area contributed by atoms with Crippen LogP contribution in [0.15, 0.2) is 29.5 Å². The summed E-state index contributed by atoms with van der Waals surface area (Å²) >= 11 is 0. The van der Waals surface area contributed by atoms with E-state index in [1.807, 2.05) is 0 Å². The summed E-state index contributed by atoms with van der Waals surface area (Å²) in [4.78, 5) is 36.6. The molecular formula is C28H41N7O2. The van der Waals surface area contributed by atoms with Crippen molar-refractivity contribution < 1.29 is 9.59 Å². The summed E-state index contributed by atoms with van der Waals surface area (Å²) in [5, 5.41) is 15.4. The van der Waals surface area contributed by atoms with E-state index in [4.69, 9.17) is 10.7 Å². The molecule has 37 heavy (non-hydrogen) atoms. The molecule has 200 valence electrons. The molecular weight excluding hydrogens is 466 g/mol. The normalized spacial score (nSPS) is 28.3. The quantitative estimate of drug-likeness (QED) is 0.384. The van der Waals surface area contributed by atoms with Gasteiger partial charge in [0.25, 0.3) is 0 Å². The van der Waals surface area contributed by atoms with Crippen LogP contribution in [0.1, 0.15) is 76.7 Å². The van der Waals surface area contributed by atoms with E-state index in [-0.39, 0.29) is 17.9 Å².